The molecule has 6 aliphatic rings. The van der Waals surface area contributed by atoms with E-state index >= 15 is 0 Å². The van der Waals surface area contributed by atoms with E-state index in [4.69, 9.17) is 10.6 Å². The van der Waals surface area contributed by atoms with Crippen LogP contribution in [0.2, 0.25) is 33.2 Å². The zero-order chi connectivity index (χ0) is 33.8. The SMILES string of the molecule is CCC[O][Zr]([O]CCC)([O][Si](C1CCCCC1)(C1CCCCC1)C1CCCCC1)[O][Si](C1CCCCC1)(C1CCCCC1)C1CCCCC1. The molecular formula is C42H80O4Si2Zr. The Balaban J connectivity index is 1.51. The molecule has 0 atom stereocenters. The molecular weight excluding hydrogens is 716 g/mol. The van der Waals surface area contributed by atoms with E-state index in [1.165, 1.54) is 193 Å². The fraction of sp³-hybridized carbons (Fsp3) is 1.00. The molecule has 284 valence electrons. The van der Waals surface area contributed by atoms with Gasteiger partial charge in [0.25, 0.3) is 0 Å². The fourth-order valence-electron chi connectivity index (χ4n) is 12.9. The van der Waals surface area contributed by atoms with Crippen LogP contribution in [0.1, 0.15) is 219 Å². The molecule has 4 nitrogen and oxygen atoms in total. The van der Waals surface area contributed by atoms with Crippen molar-refractivity contribution in [1.29, 1.82) is 0 Å². The zero-order valence-electron chi connectivity index (χ0n) is 32.6. The Kier molecular flexibility index (Phi) is 16.4. The molecule has 0 radical (unpaired) electrons. The summed E-state index contributed by atoms with van der Waals surface area (Å²) in [5.41, 5.74) is 4.74. The van der Waals surface area contributed by atoms with Crippen LogP contribution in [0.25, 0.3) is 0 Å². The summed E-state index contributed by atoms with van der Waals surface area (Å²) in [4.78, 5) is 0. The summed E-state index contributed by atoms with van der Waals surface area (Å²) < 4.78 is 32.5. The summed E-state index contributed by atoms with van der Waals surface area (Å²) in [6.45, 7) is 6.18. The molecule has 6 rings (SSSR count). The normalized spacial score (nSPS) is 26.3. The Morgan fingerprint density at radius 1 is 0.347 bits per heavy atom. The van der Waals surface area contributed by atoms with Gasteiger partial charge in [-0.2, -0.15) is 0 Å². The Morgan fingerprint density at radius 3 is 0.735 bits per heavy atom. The van der Waals surface area contributed by atoms with Crippen LogP contribution < -0.4 is 0 Å². The molecule has 0 unspecified atom stereocenters. The van der Waals surface area contributed by atoms with E-state index in [2.05, 4.69) is 13.8 Å². The Bertz CT molecular complexity index is 751. The van der Waals surface area contributed by atoms with Crippen LogP contribution in [0.15, 0.2) is 0 Å². The second kappa shape index (κ2) is 20.2. The standard InChI is InChI=1S/2C18H33OSi.2C3H7O.Zr/c2*19-20(16-10-4-1-5-11-16,17-12-6-2-7-13-17)18-14-8-3-9-15-18;2*1-2-3-4;/h2*16-18H,1-15H2;2*2-3H2,1H3;/q4*-1;+4. The van der Waals surface area contributed by atoms with Gasteiger partial charge >= 0.3 is 315 Å². The van der Waals surface area contributed by atoms with Crippen molar-refractivity contribution in [1.82, 2.24) is 0 Å². The minimum absolute atomic E-state index is 0.773. The Hall–Kier alpha value is 1.16. The molecule has 0 aliphatic heterocycles. The van der Waals surface area contributed by atoms with Gasteiger partial charge in [0.05, 0.1) is 0 Å². The first-order valence-corrected chi connectivity index (χ1v) is 31.1. The third-order valence-electron chi connectivity index (χ3n) is 15.0. The molecule has 0 spiro atoms. The first-order chi connectivity index (χ1) is 24.2. The maximum atomic E-state index is 8.69. The van der Waals surface area contributed by atoms with Crippen LogP contribution >= 0.6 is 0 Å². The van der Waals surface area contributed by atoms with Gasteiger partial charge in [-0.15, -0.1) is 0 Å². The van der Waals surface area contributed by atoms with Crippen molar-refractivity contribution in [2.24, 2.45) is 0 Å². The molecule has 0 saturated heterocycles. The Morgan fingerprint density at radius 2 is 0.551 bits per heavy atom. The maximum absolute atomic E-state index is 8.69. The van der Waals surface area contributed by atoms with Crippen molar-refractivity contribution >= 4 is 16.6 Å². The minimum atomic E-state index is -4.62. The molecule has 6 fully saturated rings. The summed E-state index contributed by atoms with van der Waals surface area (Å²) in [7, 11) is -4.67. The van der Waals surface area contributed by atoms with Gasteiger partial charge in [0, 0.05) is 0 Å². The quantitative estimate of drug-likeness (QED) is 0.146. The van der Waals surface area contributed by atoms with E-state index in [0.717, 1.165) is 59.3 Å². The predicted molar refractivity (Wildman–Crippen MR) is 207 cm³/mol. The molecule has 6 aliphatic carbocycles. The van der Waals surface area contributed by atoms with Gasteiger partial charge in [0.2, 0.25) is 0 Å². The molecule has 0 heterocycles. The molecule has 0 aromatic rings. The third kappa shape index (κ3) is 9.52. The van der Waals surface area contributed by atoms with Crippen molar-refractivity contribution in [3.05, 3.63) is 0 Å². The first-order valence-electron chi connectivity index (χ1n) is 22.8. The zero-order valence-corrected chi connectivity index (χ0v) is 37.1. The fourth-order valence-corrected chi connectivity index (χ4v) is 45.9. The van der Waals surface area contributed by atoms with Gasteiger partial charge in [0.15, 0.2) is 0 Å². The van der Waals surface area contributed by atoms with E-state index < -0.39 is 38.7 Å². The van der Waals surface area contributed by atoms with E-state index in [1.807, 2.05) is 0 Å². The van der Waals surface area contributed by atoms with Crippen LogP contribution in [0, 0.1) is 0 Å². The van der Waals surface area contributed by atoms with Gasteiger partial charge in [0.1, 0.15) is 0 Å². The molecule has 6 saturated carbocycles. The third-order valence-corrected chi connectivity index (χ3v) is 39.0. The molecule has 7 heteroatoms. The molecule has 0 aromatic heterocycles. The van der Waals surface area contributed by atoms with Crippen LogP contribution in [0.3, 0.4) is 0 Å². The van der Waals surface area contributed by atoms with Gasteiger partial charge in [-0.1, -0.05) is 0 Å². The summed E-state index contributed by atoms with van der Waals surface area (Å²) in [6.07, 6.45) is 44.7. The average Bonchev–Trinajstić information content (AvgIpc) is 3.19. The molecule has 0 N–H and O–H groups in total. The van der Waals surface area contributed by atoms with Crippen LogP contribution in [-0.4, -0.2) is 29.8 Å². The summed E-state index contributed by atoms with van der Waals surface area (Å²) >= 11 is -4.62. The average molecular weight is 796 g/mol. The van der Waals surface area contributed by atoms with Crippen molar-refractivity contribution in [2.75, 3.05) is 13.2 Å². The molecule has 0 amide bonds. The number of hydrogen-bond donors (Lipinski definition) is 0. The van der Waals surface area contributed by atoms with Crippen LogP contribution in [-0.2, 0) is 32.7 Å². The summed E-state index contributed by atoms with van der Waals surface area (Å²) in [6, 6.07) is 0. The van der Waals surface area contributed by atoms with Gasteiger partial charge in [-0.05, 0) is 0 Å². The topological polar surface area (TPSA) is 36.9 Å². The first kappa shape index (κ1) is 39.8. The molecule has 0 aromatic carbocycles. The van der Waals surface area contributed by atoms with Crippen molar-refractivity contribution in [3.8, 4) is 0 Å². The van der Waals surface area contributed by atoms with Gasteiger partial charge in [-0.25, -0.2) is 0 Å². The predicted octanol–water partition coefficient (Wildman–Crippen LogP) is 14.6. The number of hydrogen-bond acceptors (Lipinski definition) is 4. The molecule has 0 bridgehead atoms. The van der Waals surface area contributed by atoms with Crippen molar-refractivity contribution < 1.29 is 32.7 Å². The van der Waals surface area contributed by atoms with Gasteiger partial charge in [-0.3, -0.25) is 0 Å². The second-order valence-corrected chi connectivity index (χ2v) is 33.7. The second-order valence-electron chi connectivity index (χ2n) is 18.1. The van der Waals surface area contributed by atoms with E-state index in [-0.39, 0.29) is 0 Å². The van der Waals surface area contributed by atoms with Gasteiger partial charge < -0.3 is 0 Å². The van der Waals surface area contributed by atoms with Crippen molar-refractivity contribution in [2.45, 2.75) is 253 Å². The number of rotatable bonds is 16. The van der Waals surface area contributed by atoms with E-state index in [9.17, 15) is 0 Å². The van der Waals surface area contributed by atoms with Crippen molar-refractivity contribution in [3.63, 3.8) is 0 Å². The monoisotopic (exact) mass is 794 g/mol. The summed E-state index contributed by atoms with van der Waals surface area (Å²) in [5, 5.41) is 0. The Labute approximate surface area is 313 Å². The van der Waals surface area contributed by atoms with Crippen LogP contribution in [0.5, 0.6) is 0 Å². The van der Waals surface area contributed by atoms with E-state index in [0.29, 0.717) is 0 Å². The van der Waals surface area contributed by atoms with Crippen LogP contribution in [0.4, 0.5) is 0 Å². The molecule has 49 heavy (non-hydrogen) atoms. The van der Waals surface area contributed by atoms with E-state index in [1.54, 1.807) is 0 Å². The summed E-state index contributed by atoms with van der Waals surface area (Å²) in [5.74, 6) is 0.